The van der Waals surface area contributed by atoms with Gasteiger partial charge in [0.25, 0.3) is 18.1 Å². The van der Waals surface area contributed by atoms with E-state index in [0.29, 0.717) is 24.3 Å². The van der Waals surface area contributed by atoms with E-state index >= 15 is 0 Å². The Morgan fingerprint density at radius 3 is 2.96 bits per heavy atom. The SMILES string of the molecule is C[C@@H]1CCN(C(=O)c2ccncc2Cl)C[C@H]1c1cc(C(F)F)nc2ncnn12. The van der Waals surface area contributed by atoms with Crippen LogP contribution >= 0.6 is 11.6 Å². The Hall–Kier alpha value is -2.68. The highest BCUT2D eigenvalue weighted by molar-refractivity contribution is 6.33. The summed E-state index contributed by atoms with van der Waals surface area (Å²) in [7, 11) is 0. The van der Waals surface area contributed by atoms with Crippen LogP contribution in [0.4, 0.5) is 8.78 Å². The fraction of sp³-hybridized carbons (Fsp3) is 0.389. The van der Waals surface area contributed by atoms with Gasteiger partial charge in [0, 0.05) is 31.4 Å². The molecular formula is C18H17ClF2N6O. The monoisotopic (exact) mass is 406 g/mol. The molecule has 4 rings (SSSR count). The Labute approximate surface area is 164 Å². The number of rotatable bonds is 3. The van der Waals surface area contributed by atoms with Crippen molar-refractivity contribution in [3.8, 4) is 0 Å². The van der Waals surface area contributed by atoms with Crippen LogP contribution in [0.15, 0.2) is 30.9 Å². The topological polar surface area (TPSA) is 76.3 Å². The number of alkyl halides is 2. The second-order valence-electron chi connectivity index (χ2n) is 6.86. The van der Waals surface area contributed by atoms with Crippen LogP contribution in [0.25, 0.3) is 5.78 Å². The number of hydrogen-bond donors (Lipinski definition) is 0. The van der Waals surface area contributed by atoms with Gasteiger partial charge in [0.1, 0.15) is 12.0 Å². The summed E-state index contributed by atoms with van der Waals surface area (Å²) in [5.41, 5.74) is 0.603. The Bertz CT molecular complexity index is 1030. The Morgan fingerprint density at radius 2 is 2.21 bits per heavy atom. The summed E-state index contributed by atoms with van der Waals surface area (Å²) in [5, 5.41) is 4.42. The van der Waals surface area contributed by atoms with Crippen LogP contribution in [-0.4, -0.2) is 48.5 Å². The number of pyridine rings is 1. The van der Waals surface area contributed by atoms with Crippen molar-refractivity contribution in [3.63, 3.8) is 0 Å². The fourth-order valence-electron chi connectivity index (χ4n) is 3.59. The predicted molar refractivity (Wildman–Crippen MR) is 97.4 cm³/mol. The van der Waals surface area contributed by atoms with E-state index in [-0.39, 0.29) is 34.2 Å². The van der Waals surface area contributed by atoms with Crippen molar-refractivity contribution in [2.24, 2.45) is 5.92 Å². The number of aromatic nitrogens is 5. The van der Waals surface area contributed by atoms with Crippen molar-refractivity contribution < 1.29 is 13.6 Å². The van der Waals surface area contributed by atoms with Gasteiger partial charge in [-0.05, 0) is 24.5 Å². The van der Waals surface area contributed by atoms with Crippen LogP contribution in [0, 0.1) is 5.92 Å². The van der Waals surface area contributed by atoms with Gasteiger partial charge in [-0.15, -0.1) is 0 Å². The second kappa shape index (κ2) is 7.38. The largest absolute Gasteiger partial charge is 0.338 e. The van der Waals surface area contributed by atoms with Gasteiger partial charge < -0.3 is 4.90 Å². The summed E-state index contributed by atoms with van der Waals surface area (Å²) >= 11 is 6.12. The van der Waals surface area contributed by atoms with Gasteiger partial charge in [-0.25, -0.2) is 18.3 Å². The molecule has 146 valence electrons. The van der Waals surface area contributed by atoms with Gasteiger partial charge in [0.15, 0.2) is 0 Å². The first-order valence-electron chi connectivity index (χ1n) is 8.83. The molecule has 1 saturated heterocycles. The minimum absolute atomic E-state index is 0.126. The lowest BCUT2D eigenvalue weighted by molar-refractivity contribution is 0.0665. The molecule has 0 unspecified atom stereocenters. The van der Waals surface area contributed by atoms with Crippen molar-refractivity contribution in [2.45, 2.75) is 25.7 Å². The molecule has 28 heavy (non-hydrogen) atoms. The molecule has 0 bridgehead atoms. The quantitative estimate of drug-likeness (QED) is 0.666. The molecule has 2 atom stereocenters. The number of amides is 1. The van der Waals surface area contributed by atoms with Crippen LogP contribution in [0.2, 0.25) is 5.02 Å². The highest BCUT2D eigenvalue weighted by Crippen LogP contribution is 2.34. The highest BCUT2D eigenvalue weighted by Gasteiger charge is 2.33. The molecule has 4 heterocycles. The Kier molecular flexibility index (Phi) is 4.92. The van der Waals surface area contributed by atoms with E-state index in [1.807, 2.05) is 6.92 Å². The van der Waals surface area contributed by atoms with Crippen LogP contribution in [-0.2, 0) is 0 Å². The van der Waals surface area contributed by atoms with Crippen LogP contribution in [0.5, 0.6) is 0 Å². The summed E-state index contributed by atoms with van der Waals surface area (Å²) < 4.78 is 28.1. The molecule has 0 N–H and O–H groups in total. The van der Waals surface area contributed by atoms with E-state index in [2.05, 4.69) is 20.1 Å². The summed E-state index contributed by atoms with van der Waals surface area (Å²) in [6.45, 7) is 2.96. The summed E-state index contributed by atoms with van der Waals surface area (Å²) in [6, 6.07) is 2.94. The van der Waals surface area contributed by atoms with Crippen molar-refractivity contribution in [3.05, 3.63) is 52.8 Å². The van der Waals surface area contributed by atoms with Gasteiger partial charge in [-0.1, -0.05) is 18.5 Å². The first-order chi connectivity index (χ1) is 13.5. The van der Waals surface area contributed by atoms with Gasteiger partial charge in [-0.2, -0.15) is 10.1 Å². The lowest BCUT2D eigenvalue weighted by Gasteiger charge is -2.37. The van der Waals surface area contributed by atoms with Crippen molar-refractivity contribution >= 4 is 23.3 Å². The molecule has 0 aliphatic carbocycles. The molecule has 0 saturated carbocycles. The molecule has 3 aromatic rings. The number of nitrogens with zero attached hydrogens (tertiary/aromatic N) is 6. The van der Waals surface area contributed by atoms with Gasteiger partial charge >= 0.3 is 0 Å². The van der Waals surface area contributed by atoms with Crippen molar-refractivity contribution in [1.29, 1.82) is 0 Å². The Balaban J connectivity index is 1.70. The maximum absolute atomic E-state index is 13.3. The third kappa shape index (κ3) is 3.30. The molecule has 1 aliphatic heterocycles. The maximum atomic E-state index is 13.3. The number of halogens is 3. The zero-order chi connectivity index (χ0) is 19.8. The molecule has 7 nitrogen and oxygen atoms in total. The predicted octanol–water partition coefficient (Wildman–Crippen LogP) is 3.38. The Morgan fingerprint density at radius 1 is 1.39 bits per heavy atom. The van der Waals surface area contributed by atoms with Crippen LogP contribution in [0.3, 0.4) is 0 Å². The molecule has 1 aliphatic rings. The zero-order valence-electron chi connectivity index (χ0n) is 15.0. The number of hydrogen-bond acceptors (Lipinski definition) is 5. The summed E-state index contributed by atoms with van der Waals surface area (Å²) in [4.78, 5) is 26.4. The zero-order valence-corrected chi connectivity index (χ0v) is 15.7. The number of carbonyl (C=O) groups is 1. The van der Waals surface area contributed by atoms with E-state index in [0.717, 1.165) is 6.42 Å². The molecule has 0 radical (unpaired) electrons. The van der Waals surface area contributed by atoms with E-state index in [9.17, 15) is 13.6 Å². The number of piperidine rings is 1. The molecular weight excluding hydrogens is 390 g/mol. The van der Waals surface area contributed by atoms with E-state index in [1.54, 1.807) is 11.0 Å². The number of likely N-dealkylation sites (tertiary alicyclic amines) is 1. The molecule has 3 aromatic heterocycles. The highest BCUT2D eigenvalue weighted by atomic mass is 35.5. The molecule has 0 aromatic carbocycles. The summed E-state index contributed by atoms with van der Waals surface area (Å²) in [5.74, 6) is -0.108. The first kappa shape index (κ1) is 18.7. The van der Waals surface area contributed by atoms with E-state index in [1.165, 1.54) is 29.3 Å². The van der Waals surface area contributed by atoms with Gasteiger partial charge in [0.05, 0.1) is 16.3 Å². The molecule has 0 spiro atoms. The smallest absolute Gasteiger partial charge is 0.280 e. The minimum Gasteiger partial charge on any atom is -0.338 e. The maximum Gasteiger partial charge on any atom is 0.280 e. The van der Waals surface area contributed by atoms with Crippen molar-refractivity contribution in [1.82, 2.24) is 29.5 Å². The lowest BCUT2D eigenvalue weighted by atomic mass is 9.84. The molecule has 10 heteroatoms. The van der Waals surface area contributed by atoms with Crippen molar-refractivity contribution in [2.75, 3.05) is 13.1 Å². The van der Waals surface area contributed by atoms with E-state index < -0.39 is 6.43 Å². The minimum atomic E-state index is -2.72. The molecule has 1 fully saturated rings. The standard InChI is InChI=1S/C18H17ClF2N6O/c1-10-3-5-26(17(28)11-2-4-22-7-13(11)19)8-12(10)15-6-14(16(20)21)25-18-23-9-24-27(15)18/h2,4,6-7,9-10,12,16H,3,5,8H2,1H3/t10-,12-/m1/s1. The fourth-order valence-corrected chi connectivity index (χ4v) is 3.79. The van der Waals surface area contributed by atoms with Crippen LogP contribution < -0.4 is 0 Å². The first-order valence-corrected chi connectivity index (χ1v) is 9.21. The second-order valence-corrected chi connectivity index (χ2v) is 7.26. The summed E-state index contributed by atoms with van der Waals surface area (Å²) in [6.07, 6.45) is 2.23. The van der Waals surface area contributed by atoms with Gasteiger partial charge in [-0.3, -0.25) is 9.78 Å². The lowest BCUT2D eigenvalue weighted by Crippen LogP contribution is -2.42. The average Bonchev–Trinajstić information content (AvgIpc) is 3.16. The molecule has 1 amide bonds. The average molecular weight is 407 g/mol. The van der Waals surface area contributed by atoms with Crippen LogP contribution in [0.1, 0.15) is 47.4 Å². The van der Waals surface area contributed by atoms with Gasteiger partial charge in [0.2, 0.25) is 0 Å². The normalized spacial score (nSPS) is 20.1. The number of carbonyl (C=O) groups excluding carboxylic acids is 1. The van der Waals surface area contributed by atoms with E-state index in [4.69, 9.17) is 11.6 Å². The third-order valence-electron chi connectivity index (χ3n) is 5.15. The number of fused-ring (bicyclic) bond motifs is 1. The third-order valence-corrected chi connectivity index (χ3v) is 5.45.